The normalized spacial score (nSPS) is 14.6. The van der Waals surface area contributed by atoms with Gasteiger partial charge >= 0.3 is 0 Å². The van der Waals surface area contributed by atoms with E-state index in [2.05, 4.69) is 52.0 Å². The molecular formula is C28H50O. The first kappa shape index (κ1) is 27.8. The van der Waals surface area contributed by atoms with Crippen LogP contribution in [0.3, 0.4) is 0 Å². The van der Waals surface area contributed by atoms with E-state index < -0.39 is 0 Å². The van der Waals surface area contributed by atoms with Crippen LogP contribution in [-0.4, -0.2) is 0 Å². The van der Waals surface area contributed by atoms with Crippen molar-refractivity contribution in [3.63, 3.8) is 0 Å². The molecule has 1 nitrogen and oxygen atoms in total. The van der Waals surface area contributed by atoms with Crippen LogP contribution in [0.25, 0.3) is 0 Å². The van der Waals surface area contributed by atoms with Gasteiger partial charge in [-0.1, -0.05) is 116 Å². The largest absolute Gasteiger partial charge is 0.473 e. The van der Waals surface area contributed by atoms with Crippen molar-refractivity contribution in [1.82, 2.24) is 0 Å². The lowest BCUT2D eigenvalue weighted by Crippen LogP contribution is -1.94. The highest BCUT2D eigenvalue weighted by atomic mass is 16.5. The third-order valence-corrected chi connectivity index (χ3v) is 5.71. The minimum Gasteiger partial charge on any atom is -0.473 e. The van der Waals surface area contributed by atoms with Crippen LogP contribution in [0.2, 0.25) is 0 Å². The van der Waals surface area contributed by atoms with Crippen LogP contribution in [0.1, 0.15) is 118 Å². The maximum Gasteiger partial charge on any atom is 0.0901 e. The molecule has 0 spiro atoms. The molecule has 0 aliphatic carbocycles. The Kier molecular flexibility index (Phi) is 22.1. The average Bonchev–Trinajstić information content (AvgIpc) is 2.74. The Balaban J connectivity index is 3.92. The van der Waals surface area contributed by atoms with Crippen LogP contribution in [0.15, 0.2) is 49.0 Å². The van der Waals surface area contributed by atoms with Gasteiger partial charge in [-0.25, -0.2) is 0 Å². The monoisotopic (exact) mass is 402 g/mol. The topological polar surface area (TPSA) is 9.23 Å². The van der Waals surface area contributed by atoms with Gasteiger partial charge in [-0.05, 0) is 49.7 Å². The van der Waals surface area contributed by atoms with E-state index in [0.717, 1.165) is 0 Å². The summed E-state index contributed by atoms with van der Waals surface area (Å²) in [6.07, 6.45) is 35.2. The van der Waals surface area contributed by atoms with Gasteiger partial charge in [0, 0.05) is 0 Å². The molecule has 1 heteroatoms. The van der Waals surface area contributed by atoms with Gasteiger partial charge in [0.2, 0.25) is 0 Å². The summed E-state index contributed by atoms with van der Waals surface area (Å²) in [5.41, 5.74) is 0. The van der Waals surface area contributed by atoms with Crippen molar-refractivity contribution in [2.75, 3.05) is 0 Å². The van der Waals surface area contributed by atoms with Gasteiger partial charge in [0.1, 0.15) is 0 Å². The van der Waals surface area contributed by atoms with Crippen LogP contribution in [-0.2, 0) is 4.74 Å². The minimum atomic E-state index is 0.702. The second-order valence-corrected chi connectivity index (χ2v) is 8.31. The Morgan fingerprint density at radius 2 is 0.931 bits per heavy atom. The lowest BCUT2D eigenvalue weighted by molar-refractivity contribution is 0.403. The highest BCUT2D eigenvalue weighted by molar-refractivity contribution is 5.04. The molecule has 0 bridgehead atoms. The lowest BCUT2D eigenvalue weighted by Gasteiger charge is -2.09. The zero-order chi connectivity index (χ0) is 21.4. The average molecular weight is 403 g/mol. The molecule has 0 aromatic rings. The van der Waals surface area contributed by atoms with Gasteiger partial charge in [-0.2, -0.15) is 0 Å². The van der Waals surface area contributed by atoms with Crippen LogP contribution in [0, 0.1) is 11.8 Å². The first-order valence-electron chi connectivity index (χ1n) is 12.6. The number of hydrogen-bond acceptors (Lipinski definition) is 1. The van der Waals surface area contributed by atoms with Crippen LogP contribution < -0.4 is 0 Å². The zero-order valence-corrected chi connectivity index (χ0v) is 20.1. The fourth-order valence-electron chi connectivity index (χ4n) is 3.56. The molecule has 0 saturated carbocycles. The molecule has 0 aromatic carbocycles. The molecule has 0 N–H and O–H groups in total. The highest BCUT2D eigenvalue weighted by Crippen LogP contribution is 2.17. The van der Waals surface area contributed by atoms with Crippen molar-refractivity contribution in [2.45, 2.75) is 118 Å². The van der Waals surface area contributed by atoms with Crippen molar-refractivity contribution in [3.05, 3.63) is 49.0 Å². The molecule has 168 valence electrons. The maximum absolute atomic E-state index is 5.45. The summed E-state index contributed by atoms with van der Waals surface area (Å²) >= 11 is 0. The fraction of sp³-hybridized carbons (Fsp3) is 0.714. The summed E-state index contributed by atoms with van der Waals surface area (Å²) in [6, 6.07) is 0. The maximum atomic E-state index is 5.45. The summed E-state index contributed by atoms with van der Waals surface area (Å²) in [4.78, 5) is 0. The fourth-order valence-corrected chi connectivity index (χ4v) is 3.56. The molecule has 0 saturated heterocycles. The van der Waals surface area contributed by atoms with Gasteiger partial charge in [-0.3, -0.25) is 0 Å². The number of ether oxygens (including phenoxy) is 1. The van der Waals surface area contributed by atoms with E-state index in [0.29, 0.717) is 11.8 Å². The first-order chi connectivity index (χ1) is 14.3. The smallest absolute Gasteiger partial charge is 0.0901 e. The van der Waals surface area contributed by atoms with Crippen molar-refractivity contribution in [1.29, 1.82) is 0 Å². The zero-order valence-electron chi connectivity index (χ0n) is 20.1. The molecule has 0 aliphatic heterocycles. The molecule has 29 heavy (non-hydrogen) atoms. The molecule has 0 radical (unpaired) electrons. The van der Waals surface area contributed by atoms with Crippen molar-refractivity contribution < 1.29 is 4.74 Å². The summed E-state index contributed by atoms with van der Waals surface area (Å²) in [5, 5.41) is 0. The molecule has 0 aliphatic rings. The quantitative estimate of drug-likeness (QED) is 0.112. The molecule has 0 heterocycles. The molecule has 0 amide bonds. The highest BCUT2D eigenvalue weighted by Gasteiger charge is 2.01. The van der Waals surface area contributed by atoms with Gasteiger partial charge in [0.15, 0.2) is 0 Å². The lowest BCUT2D eigenvalue weighted by atomic mass is 9.97. The first-order valence-corrected chi connectivity index (χ1v) is 12.6. The van der Waals surface area contributed by atoms with E-state index in [9.17, 15) is 0 Å². The van der Waals surface area contributed by atoms with E-state index in [1.807, 2.05) is 12.2 Å². The Bertz CT molecular complexity index is 390. The van der Waals surface area contributed by atoms with Crippen molar-refractivity contribution in [2.24, 2.45) is 11.8 Å². The van der Waals surface area contributed by atoms with E-state index in [4.69, 9.17) is 4.74 Å². The van der Waals surface area contributed by atoms with E-state index in [1.165, 1.54) is 89.9 Å². The van der Waals surface area contributed by atoms with Gasteiger partial charge < -0.3 is 4.74 Å². The van der Waals surface area contributed by atoms with E-state index >= 15 is 0 Å². The Morgan fingerprint density at radius 1 is 0.517 bits per heavy atom. The Morgan fingerprint density at radius 3 is 1.31 bits per heavy atom. The molecule has 0 rings (SSSR count). The van der Waals surface area contributed by atoms with E-state index in [-0.39, 0.29) is 0 Å². The standard InChI is InChI=1S/C28H50O/c1-5-9-11-13-15-21-27(7-3)23-17-19-25-29-26-20-18-24-28(8-4)22-16-14-12-10-6-2/h17-20,23-28H,5-16,21-22H2,1-4H3. The van der Waals surface area contributed by atoms with Crippen molar-refractivity contribution >= 4 is 0 Å². The summed E-state index contributed by atoms with van der Waals surface area (Å²) in [7, 11) is 0. The number of allylic oxidation sites excluding steroid dienone is 6. The Labute approximate surface area is 183 Å². The molecular weight excluding hydrogens is 352 g/mol. The summed E-state index contributed by atoms with van der Waals surface area (Å²) in [5.74, 6) is 1.40. The van der Waals surface area contributed by atoms with Crippen molar-refractivity contribution in [3.8, 4) is 0 Å². The van der Waals surface area contributed by atoms with Gasteiger partial charge in [0.25, 0.3) is 0 Å². The Hall–Kier alpha value is -1.24. The second-order valence-electron chi connectivity index (χ2n) is 8.31. The number of unbranched alkanes of at least 4 members (excludes halogenated alkanes) is 8. The third kappa shape index (κ3) is 19.8. The van der Waals surface area contributed by atoms with Crippen LogP contribution in [0.5, 0.6) is 0 Å². The van der Waals surface area contributed by atoms with Gasteiger partial charge in [0.05, 0.1) is 12.5 Å². The minimum absolute atomic E-state index is 0.702. The molecule has 0 fully saturated rings. The summed E-state index contributed by atoms with van der Waals surface area (Å²) < 4.78 is 5.45. The second kappa shape index (κ2) is 23.0. The van der Waals surface area contributed by atoms with Crippen LogP contribution >= 0.6 is 0 Å². The van der Waals surface area contributed by atoms with Gasteiger partial charge in [-0.15, -0.1) is 0 Å². The predicted molar refractivity (Wildman–Crippen MR) is 132 cm³/mol. The van der Waals surface area contributed by atoms with E-state index in [1.54, 1.807) is 12.5 Å². The molecule has 0 aromatic heterocycles. The number of hydrogen-bond donors (Lipinski definition) is 0. The third-order valence-electron chi connectivity index (χ3n) is 5.71. The molecule has 2 unspecified atom stereocenters. The molecule has 2 atom stereocenters. The summed E-state index contributed by atoms with van der Waals surface area (Å²) in [6.45, 7) is 9.11. The number of rotatable bonds is 20. The SMILES string of the molecule is CCCCCCCC(C=CC=COC=CC=CC(CC)CCCCCCC)CC. The predicted octanol–water partition coefficient (Wildman–Crippen LogP) is 9.92. The van der Waals surface area contributed by atoms with Crippen LogP contribution in [0.4, 0.5) is 0 Å².